The number of nitrogens with zero attached hydrogens (tertiary/aromatic N) is 4. The normalized spacial score (nSPS) is 21.0. The van der Waals surface area contributed by atoms with Gasteiger partial charge in [-0.05, 0) is 18.9 Å². The van der Waals surface area contributed by atoms with Crippen molar-refractivity contribution >= 4 is 17.2 Å². The van der Waals surface area contributed by atoms with E-state index in [9.17, 15) is 5.11 Å². The molecule has 90 valence electrons. The van der Waals surface area contributed by atoms with Gasteiger partial charge in [-0.15, -0.1) is 0 Å². The highest BCUT2D eigenvalue weighted by atomic mass is 16.3. The zero-order chi connectivity index (χ0) is 11.8. The zero-order valence-electron chi connectivity index (χ0n) is 9.45. The third-order valence-electron chi connectivity index (χ3n) is 3.10. The highest BCUT2D eigenvalue weighted by Gasteiger charge is 2.19. The molecule has 3 rings (SSSR count). The summed E-state index contributed by atoms with van der Waals surface area (Å²) in [5.74, 6) is 0.850. The average molecular weight is 233 g/mol. The minimum atomic E-state index is -0.260. The first kappa shape index (κ1) is 10.3. The van der Waals surface area contributed by atoms with Crippen LogP contribution in [0, 0.1) is 0 Å². The third kappa shape index (κ3) is 1.80. The molecule has 0 unspecified atom stereocenters. The summed E-state index contributed by atoms with van der Waals surface area (Å²) in [7, 11) is 0. The van der Waals surface area contributed by atoms with E-state index in [0.29, 0.717) is 17.9 Å². The Labute approximate surface area is 98.7 Å². The Morgan fingerprint density at radius 1 is 1.47 bits per heavy atom. The molecule has 1 fully saturated rings. The highest BCUT2D eigenvalue weighted by molar-refractivity contribution is 5.65. The van der Waals surface area contributed by atoms with Crippen LogP contribution in [0.5, 0.6) is 0 Å². The van der Waals surface area contributed by atoms with E-state index in [1.807, 2.05) is 12.3 Å². The molecule has 3 N–H and O–H groups in total. The Kier molecular flexibility index (Phi) is 2.36. The van der Waals surface area contributed by atoms with Crippen LogP contribution < -0.4 is 10.6 Å². The number of fused-ring (bicyclic) bond motifs is 1. The summed E-state index contributed by atoms with van der Waals surface area (Å²) in [6.07, 6.45) is 5.03. The minimum absolute atomic E-state index is 0.260. The van der Waals surface area contributed by atoms with E-state index < -0.39 is 0 Å². The predicted molar refractivity (Wildman–Crippen MR) is 64.9 cm³/mol. The number of nitrogen functional groups attached to an aromatic ring is 1. The molecule has 17 heavy (non-hydrogen) atoms. The maximum atomic E-state index is 9.66. The number of aliphatic hydroxyl groups excluding tert-OH is 1. The largest absolute Gasteiger partial charge is 0.394 e. The molecule has 2 aromatic heterocycles. The Morgan fingerprint density at radius 3 is 3.18 bits per heavy atom. The van der Waals surface area contributed by atoms with Gasteiger partial charge in [0.2, 0.25) is 0 Å². The Hall–Kier alpha value is -1.82. The van der Waals surface area contributed by atoms with Crippen molar-refractivity contribution in [1.29, 1.82) is 0 Å². The standard InChI is InChI=1S/C11H15N5O/c12-9-6-13-16-5-3-10(14-11(9)16)15-4-1-2-8(17)7-15/h3,5-6,8,17H,1-2,4,7,12H2/t8-/m0/s1. The van der Waals surface area contributed by atoms with Gasteiger partial charge in [0.25, 0.3) is 0 Å². The van der Waals surface area contributed by atoms with Crippen LogP contribution in [0.4, 0.5) is 11.5 Å². The Balaban J connectivity index is 1.96. The molecular weight excluding hydrogens is 218 g/mol. The number of aliphatic hydroxyl groups is 1. The first-order chi connectivity index (χ1) is 8.24. The van der Waals surface area contributed by atoms with Crippen LogP contribution in [-0.4, -0.2) is 38.9 Å². The molecule has 1 aliphatic heterocycles. The lowest BCUT2D eigenvalue weighted by molar-refractivity contribution is 0.154. The van der Waals surface area contributed by atoms with E-state index in [1.54, 1.807) is 10.7 Å². The van der Waals surface area contributed by atoms with Crippen molar-refractivity contribution < 1.29 is 5.11 Å². The Bertz CT molecular complexity index is 538. The van der Waals surface area contributed by atoms with Gasteiger partial charge in [-0.2, -0.15) is 5.10 Å². The lowest BCUT2D eigenvalue weighted by Crippen LogP contribution is -2.38. The average Bonchev–Trinajstić information content (AvgIpc) is 2.71. The quantitative estimate of drug-likeness (QED) is 0.739. The van der Waals surface area contributed by atoms with Crippen molar-refractivity contribution in [3.8, 4) is 0 Å². The molecule has 1 saturated heterocycles. The molecule has 0 aromatic carbocycles. The summed E-state index contributed by atoms with van der Waals surface area (Å²) < 4.78 is 1.65. The fraction of sp³-hybridized carbons (Fsp3) is 0.455. The monoisotopic (exact) mass is 233 g/mol. The SMILES string of the molecule is Nc1cnn2ccc(N3CCC[C@H](O)C3)nc12. The van der Waals surface area contributed by atoms with Gasteiger partial charge < -0.3 is 15.7 Å². The van der Waals surface area contributed by atoms with Crippen molar-refractivity contribution in [2.75, 3.05) is 23.7 Å². The topological polar surface area (TPSA) is 79.7 Å². The second-order valence-electron chi connectivity index (χ2n) is 4.40. The maximum Gasteiger partial charge on any atom is 0.180 e. The molecule has 0 spiro atoms. The van der Waals surface area contributed by atoms with Gasteiger partial charge in [-0.1, -0.05) is 0 Å². The number of aromatic nitrogens is 3. The molecule has 3 heterocycles. The number of nitrogens with two attached hydrogens (primary N) is 1. The molecule has 1 atom stereocenters. The molecular formula is C11H15N5O. The lowest BCUT2D eigenvalue weighted by Gasteiger charge is -2.30. The first-order valence-electron chi connectivity index (χ1n) is 5.77. The van der Waals surface area contributed by atoms with Gasteiger partial charge >= 0.3 is 0 Å². The molecule has 0 saturated carbocycles. The fourth-order valence-corrected chi connectivity index (χ4v) is 2.22. The van der Waals surface area contributed by atoms with Gasteiger partial charge in [0.15, 0.2) is 5.65 Å². The van der Waals surface area contributed by atoms with Gasteiger partial charge in [-0.25, -0.2) is 9.50 Å². The number of hydrogen-bond acceptors (Lipinski definition) is 5. The van der Waals surface area contributed by atoms with Crippen LogP contribution in [0.1, 0.15) is 12.8 Å². The van der Waals surface area contributed by atoms with Crippen LogP contribution in [0.25, 0.3) is 5.65 Å². The molecule has 0 radical (unpaired) electrons. The van der Waals surface area contributed by atoms with E-state index in [0.717, 1.165) is 25.2 Å². The van der Waals surface area contributed by atoms with Crippen molar-refractivity contribution in [2.45, 2.75) is 18.9 Å². The van der Waals surface area contributed by atoms with E-state index in [2.05, 4.69) is 15.0 Å². The number of anilines is 2. The molecule has 6 heteroatoms. The first-order valence-corrected chi connectivity index (χ1v) is 5.77. The fourth-order valence-electron chi connectivity index (χ4n) is 2.22. The molecule has 2 aromatic rings. The summed E-state index contributed by atoms with van der Waals surface area (Å²) in [4.78, 5) is 6.57. The summed E-state index contributed by atoms with van der Waals surface area (Å²) in [6.45, 7) is 1.56. The molecule has 0 aliphatic carbocycles. The van der Waals surface area contributed by atoms with Crippen LogP contribution in [0.15, 0.2) is 18.5 Å². The number of rotatable bonds is 1. The van der Waals surface area contributed by atoms with Crippen LogP contribution in [0.2, 0.25) is 0 Å². The number of β-amino-alcohol motifs (C(OH)–C–C–N with tert-alkyl or cyclic N) is 1. The van der Waals surface area contributed by atoms with Gasteiger partial charge in [0, 0.05) is 19.3 Å². The smallest absolute Gasteiger partial charge is 0.180 e. The van der Waals surface area contributed by atoms with Crippen molar-refractivity contribution in [1.82, 2.24) is 14.6 Å². The highest BCUT2D eigenvalue weighted by Crippen LogP contribution is 2.20. The van der Waals surface area contributed by atoms with Gasteiger partial charge in [0.05, 0.1) is 18.0 Å². The second-order valence-corrected chi connectivity index (χ2v) is 4.40. The van der Waals surface area contributed by atoms with E-state index in [4.69, 9.17) is 5.73 Å². The third-order valence-corrected chi connectivity index (χ3v) is 3.10. The predicted octanol–water partition coefficient (Wildman–Crippen LogP) is 0.273. The van der Waals surface area contributed by atoms with Crippen molar-refractivity contribution in [3.05, 3.63) is 18.5 Å². The van der Waals surface area contributed by atoms with Crippen LogP contribution in [0.3, 0.4) is 0 Å². The van der Waals surface area contributed by atoms with E-state index in [1.165, 1.54) is 0 Å². The van der Waals surface area contributed by atoms with Crippen LogP contribution in [-0.2, 0) is 0 Å². The van der Waals surface area contributed by atoms with Gasteiger partial charge in [-0.3, -0.25) is 0 Å². The van der Waals surface area contributed by atoms with E-state index >= 15 is 0 Å². The molecule has 0 bridgehead atoms. The number of hydrogen-bond donors (Lipinski definition) is 2. The van der Waals surface area contributed by atoms with Crippen LogP contribution >= 0.6 is 0 Å². The Morgan fingerprint density at radius 2 is 2.35 bits per heavy atom. The summed E-state index contributed by atoms with van der Waals surface area (Å²) >= 11 is 0. The van der Waals surface area contributed by atoms with Crippen molar-refractivity contribution in [2.24, 2.45) is 0 Å². The number of piperidine rings is 1. The zero-order valence-corrected chi connectivity index (χ0v) is 9.45. The minimum Gasteiger partial charge on any atom is -0.394 e. The molecule has 1 aliphatic rings. The maximum absolute atomic E-state index is 9.66. The lowest BCUT2D eigenvalue weighted by atomic mass is 10.1. The second kappa shape index (κ2) is 3.89. The molecule has 6 nitrogen and oxygen atoms in total. The molecule has 0 amide bonds. The summed E-state index contributed by atoms with van der Waals surface area (Å²) in [5, 5.41) is 13.7. The van der Waals surface area contributed by atoms with E-state index in [-0.39, 0.29) is 6.10 Å². The summed E-state index contributed by atoms with van der Waals surface area (Å²) in [5.41, 5.74) is 7.03. The van der Waals surface area contributed by atoms with Gasteiger partial charge in [0.1, 0.15) is 5.82 Å². The van der Waals surface area contributed by atoms with Crippen molar-refractivity contribution in [3.63, 3.8) is 0 Å². The summed E-state index contributed by atoms with van der Waals surface area (Å²) in [6, 6.07) is 1.90.